The lowest BCUT2D eigenvalue weighted by Crippen LogP contribution is -2.22. The fraction of sp³-hybridized carbons (Fsp3) is 0.0952. The monoisotopic (exact) mass is 485 g/mol. The van der Waals surface area contributed by atoms with Crippen LogP contribution in [0.3, 0.4) is 0 Å². The number of nitro benzene ring substituents is 1. The van der Waals surface area contributed by atoms with Gasteiger partial charge >= 0.3 is 5.97 Å². The minimum atomic E-state index is -0.785. The standard InChI is InChI=1S/C21H16BrN3O6/c1-12(26)23-19-9-14-5-3-2-4-13(14)8-16(19)21(28)31-11-20(27)24-18-7-6-15(25(29)30)10-17(18)22/h2-10H,11H2,1H3,(H,23,26)(H,24,27). The van der Waals surface area contributed by atoms with Crippen molar-refractivity contribution < 1.29 is 24.0 Å². The van der Waals surface area contributed by atoms with Gasteiger partial charge < -0.3 is 15.4 Å². The maximum Gasteiger partial charge on any atom is 0.340 e. The van der Waals surface area contributed by atoms with E-state index in [0.29, 0.717) is 4.47 Å². The molecule has 0 aliphatic rings. The Kier molecular flexibility index (Phi) is 6.61. The van der Waals surface area contributed by atoms with Crippen LogP contribution in [0.4, 0.5) is 17.1 Å². The number of carbonyl (C=O) groups is 3. The number of rotatable bonds is 6. The predicted octanol–water partition coefficient (Wildman–Crippen LogP) is 4.26. The summed E-state index contributed by atoms with van der Waals surface area (Å²) in [5.41, 5.74) is 0.530. The van der Waals surface area contributed by atoms with Gasteiger partial charge in [-0.25, -0.2) is 4.79 Å². The van der Waals surface area contributed by atoms with Crippen molar-refractivity contribution in [1.82, 2.24) is 0 Å². The normalized spacial score (nSPS) is 10.4. The summed E-state index contributed by atoms with van der Waals surface area (Å²) in [6.45, 7) is 0.731. The Balaban J connectivity index is 1.73. The van der Waals surface area contributed by atoms with Crippen molar-refractivity contribution in [1.29, 1.82) is 0 Å². The molecule has 2 amide bonds. The molecule has 0 fully saturated rings. The van der Waals surface area contributed by atoms with Gasteiger partial charge in [0.15, 0.2) is 6.61 Å². The highest BCUT2D eigenvalue weighted by atomic mass is 79.9. The molecule has 0 atom stereocenters. The minimum Gasteiger partial charge on any atom is -0.452 e. The van der Waals surface area contributed by atoms with Crippen LogP contribution in [0.15, 0.2) is 59.1 Å². The molecule has 0 heterocycles. The summed E-state index contributed by atoms with van der Waals surface area (Å²) in [4.78, 5) is 46.5. The van der Waals surface area contributed by atoms with Crippen LogP contribution in [-0.2, 0) is 14.3 Å². The Morgan fingerprint density at radius 2 is 1.68 bits per heavy atom. The molecular weight excluding hydrogens is 470 g/mol. The molecule has 0 aliphatic heterocycles. The van der Waals surface area contributed by atoms with E-state index in [-0.39, 0.29) is 28.5 Å². The third kappa shape index (κ3) is 5.43. The number of benzene rings is 3. The van der Waals surface area contributed by atoms with Gasteiger partial charge in [0.1, 0.15) is 0 Å². The van der Waals surface area contributed by atoms with Gasteiger partial charge in [0.2, 0.25) is 5.91 Å². The molecular formula is C21H16BrN3O6. The first-order valence-corrected chi connectivity index (χ1v) is 9.75. The molecule has 0 aliphatic carbocycles. The van der Waals surface area contributed by atoms with Crippen LogP contribution < -0.4 is 10.6 Å². The molecule has 31 heavy (non-hydrogen) atoms. The Morgan fingerprint density at radius 3 is 2.29 bits per heavy atom. The van der Waals surface area contributed by atoms with Crippen LogP contribution in [0.1, 0.15) is 17.3 Å². The van der Waals surface area contributed by atoms with Crippen molar-refractivity contribution in [3.63, 3.8) is 0 Å². The lowest BCUT2D eigenvalue weighted by Gasteiger charge is -2.12. The summed E-state index contributed by atoms with van der Waals surface area (Å²) in [6.07, 6.45) is 0. The van der Waals surface area contributed by atoms with E-state index in [4.69, 9.17) is 4.74 Å². The lowest BCUT2D eigenvalue weighted by atomic mass is 10.0. The van der Waals surface area contributed by atoms with Crippen molar-refractivity contribution in [2.24, 2.45) is 0 Å². The summed E-state index contributed by atoms with van der Waals surface area (Å²) in [7, 11) is 0. The number of halogens is 1. The Hall–Kier alpha value is -3.79. The number of esters is 1. The first kappa shape index (κ1) is 21.9. The quantitative estimate of drug-likeness (QED) is 0.305. The summed E-state index contributed by atoms with van der Waals surface area (Å²) in [6, 6.07) is 14.4. The first-order chi connectivity index (χ1) is 14.7. The van der Waals surface area contributed by atoms with E-state index >= 15 is 0 Å². The molecule has 9 nitrogen and oxygen atoms in total. The Morgan fingerprint density at radius 1 is 1.00 bits per heavy atom. The average Bonchev–Trinajstić information content (AvgIpc) is 2.72. The van der Waals surface area contributed by atoms with Gasteiger partial charge in [0.05, 0.1) is 21.9 Å². The lowest BCUT2D eigenvalue weighted by molar-refractivity contribution is -0.384. The van der Waals surface area contributed by atoms with Crippen LogP contribution in [0.25, 0.3) is 10.8 Å². The van der Waals surface area contributed by atoms with Crippen LogP contribution in [-0.4, -0.2) is 29.3 Å². The van der Waals surface area contributed by atoms with Crippen molar-refractivity contribution >= 4 is 61.5 Å². The second kappa shape index (κ2) is 9.35. The van der Waals surface area contributed by atoms with Gasteiger partial charge in [0, 0.05) is 23.5 Å². The summed E-state index contributed by atoms with van der Waals surface area (Å²) in [5, 5.41) is 17.5. The summed E-state index contributed by atoms with van der Waals surface area (Å²) < 4.78 is 5.42. The number of hydrogen-bond donors (Lipinski definition) is 2. The fourth-order valence-electron chi connectivity index (χ4n) is 2.82. The number of hydrogen-bond acceptors (Lipinski definition) is 6. The molecule has 0 saturated heterocycles. The summed E-state index contributed by atoms with van der Waals surface area (Å²) >= 11 is 3.15. The fourth-order valence-corrected chi connectivity index (χ4v) is 3.28. The Bertz CT molecular complexity index is 1210. The van der Waals surface area contributed by atoms with Gasteiger partial charge in [-0.1, -0.05) is 24.3 Å². The van der Waals surface area contributed by atoms with Crippen LogP contribution >= 0.6 is 15.9 Å². The average molecular weight is 486 g/mol. The maximum absolute atomic E-state index is 12.6. The molecule has 3 aromatic rings. The van der Waals surface area contributed by atoms with E-state index < -0.39 is 23.4 Å². The van der Waals surface area contributed by atoms with E-state index in [9.17, 15) is 24.5 Å². The van der Waals surface area contributed by atoms with E-state index in [2.05, 4.69) is 26.6 Å². The number of nitrogens with zero attached hydrogens (tertiary/aromatic N) is 1. The molecule has 3 rings (SSSR count). The van der Waals surface area contributed by atoms with Crippen molar-refractivity contribution in [3.05, 3.63) is 74.7 Å². The number of ether oxygens (including phenoxy) is 1. The van der Waals surface area contributed by atoms with E-state index in [0.717, 1.165) is 10.8 Å². The van der Waals surface area contributed by atoms with Crippen molar-refractivity contribution in [3.8, 4) is 0 Å². The third-order valence-corrected chi connectivity index (χ3v) is 4.84. The topological polar surface area (TPSA) is 128 Å². The SMILES string of the molecule is CC(=O)Nc1cc2ccccc2cc1C(=O)OCC(=O)Nc1ccc([N+](=O)[O-])cc1Br. The molecule has 0 saturated carbocycles. The van der Waals surface area contributed by atoms with Crippen LogP contribution in [0, 0.1) is 10.1 Å². The minimum absolute atomic E-state index is 0.109. The number of anilines is 2. The van der Waals surface area contributed by atoms with Gasteiger partial charge in [-0.3, -0.25) is 19.7 Å². The molecule has 10 heteroatoms. The zero-order valence-electron chi connectivity index (χ0n) is 16.2. The second-order valence-electron chi connectivity index (χ2n) is 6.47. The highest BCUT2D eigenvalue weighted by molar-refractivity contribution is 9.10. The molecule has 0 bridgehead atoms. The zero-order valence-corrected chi connectivity index (χ0v) is 17.8. The highest BCUT2D eigenvalue weighted by Crippen LogP contribution is 2.27. The number of amides is 2. The number of nitro groups is 1. The molecule has 158 valence electrons. The molecule has 2 N–H and O–H groups in total. The van der Waals surface area contributed by atoms with Crippen LogP contribution in [0.5, 0.6) is 0 Å². The first-order valence-electron chi connectivity index (χ1n) is 8.96. The number of fused-ring (bicyclic) bond motifs is 1. The van der Waals surface area contributed by atoms with E-state index in [1.807, 2.05) is 24.3 Å². The zero-order chi connectivity index (χ0) is 22.5. The molecule has 0 spiro atoms. The number of nitrogens with one attached hydrogen (secondary N) is 2. The predicted molar refractivity (Wildman–Crippen MR) is 118 cm³/mol. The van der Waals surface area contributed by atoms with Gasteiger partial charge in [-0.05, 0) is 44.9 Å². The second-order valence-corrected chi connectivity index (χ2v) is 7.33. The molecule has 3 aromatic carbocycles. The van der Waals surface area contributed by atoms with Gasteiger partial charge in [-0.2, -0.15) is 0 Å². The smallest absolute Gasteiger partial charge is 0.340 e. The van der Waals surface area contributed by atoms with Crippen molar-refractivity contribution in [2.75, 3.05) is 17.2 Å². The maximum atomic E-state index is 12.6. The van der Waals surface area contributed by atoms with E-state index in [1.54, 1.807) is 12.1 Å². The van der Waals surface area contributed by atoms with E-state index in [1.165, 1.54) is 25.1 Å². The van der Waals surface area contributed by atoms with Crippen molar-refractivity contribution in [2.45, 2.75) is 6.92 Å². The van der Waals surface area contributed by atoms with Gasteiger partial charge in [0.25, 0.3) is 11.6 Å². The third-order valence-electron chi connectivity index (χ3n) is 4.19. The summed E-state index contributed by atoms with van der Waals surface area (Å²) in [5.74, 6) is -1.78. The van der Waals surface area contributed by atoms with Gasteiger partial charge in [-0.15, -0.1) is 0 Å². The van der Waals surface area contributed by atoms with Crippen LogP contribution in [0.2, 0.25) is 0 Å². The highest BCUT2D eigenvalue weighted by Gasteiger charge is 2.18. The molecule has 0 aromatic heterocycles. The number of non-ortho nitro benzene ring substituents is 1. The molecule has 0 unspecified atom stereocenters. The molecule has 0 radical (unpaired) electrons. The number of carbonyl (C=O) groups excluding carboxylic acids is 3. The Labute approximate surface area is 184 Å². The largest absolute Gasteiger partial charge is 0.452 e.